The van der Waals surface area contributed by atoms with Crippen LogP contribution in [0.4, 0.5) is 10.7 Å². The molecule has 1 atom stereocenters. The van der Waals surface area contributed by atoms with Crippen LogP contribution in [0.3, 0.4) is 0 Å². The first-order chi connectivity index (χ1) is 16.6. The van der Waals surface area contributed by atoms with Gasteiger partial charge in [0.05, 0.1) is 12.2 Å². The minimum absolute atomic E-state index is 0.247. The van der Waals surface area contributed by atoms with Crippen molar-refractivity contribution in [2.45, 2.75) is 40.7 Å². The Balaban J connectivity index is 1.65. The Morgan fingerprint density at radius 2 is 1.71 bits per heavy atom. The van der Waals surface area contributed by atoms with Gasteiger partial charge in [-0.3, -0.25) is 9.59 Å². The van der Waals surface area contributed by atoms with Crippen molar-refractivity contribution in [3.05, 3.63) is 74.6 Å². The highest BCUT2D eigenvalue weighted by atomic mass is 35.5. The highest BCUT2D eigenvalue weighted by molar-refractivity contribution is 7.16. The predicted octanol–water partition coefficient (Wildman–Crippen LogP) is 6.16. The summed E-state index contributed by atoms with van der Waals surface area (Å²) in [4.78, 5) is 38.6. The number of benzene rings is 2. The molecule has 7 nitrogen and oxygen atoms in total. The lowest BCUT2D eigenvalue weighted by Gasteiger charge is -2.16. The van der Waals surface area contributed by atoms with Crippen molar-refractivity contribution in [3.8, 4) is 5.75 Å². The van der Waals surface area contributed by atoms with E-state index in [0.717, 1.165) is 16.0 Å². The van der Waals surface area contributed by atoms with Crippen LogP contribution in [0.15, 0.2) is 42.5 Å². The SMILES string of the molecule is CCOC(=O)c1c(NC(=O)c2ccc(O[C@@H](C)C(=O)Nc3cc(Cl)ccc3C)cc2)sc(C)c1C. The van der Waals surface area contributed by atoms with E-state index >= 15 is 0 Å². The summed E-state index contributed by atoms with van der Waals surface area (Å²) in [5.74, 6) is -0.728. The third kappa shape index (κ3) is 6.41. The maximum atomic E-state index is 12.8. The maximum Gasteiger partial charge on any atom is 0.341 e. The first-order valence-electron chi connectivity index (χ1n) is 11.0. The molecule has 1 aromatic heterocycles. The average Bonchev–Trinajstić information content (AvgIpc) is 3.09. The topological polar surface area (TPSA) is 93.7 Å². The Morgan fingerprint density at radius 3 is 2.37 bits per heavy atom. The van der Waals surface area contributed by atoms with Gasteiger partial charge in [0, 0.05) is 21.2 Å². The molecule has 9 heteroatoms. The number of carbonyl (C=O) groups is 3. The number of hydrogen-bond acceptors (Lipinski definition) is 6. The van der Waals surface area contributed by atoms with Crippen LogP contribution < -0.4 is 15.4 Å². The number of aryl methyl sites for hydroxylation is 2. The van der Waals surface area contributed by atoms with Crippen LogP contribution >= 0.6 is 22.9 Å². The van der Waals surface area contributed by atoms with Crippen molar-refractivity contribution in [2.75, 3.05) is 17.2 Å². The quantitative estimate of drug-likeness (QED) is 0.351. The lowest BCUT2D eigenvalue weighted by Crippen LogP contribution is -2.30. The lowest BCUT2D eigenvalue weighted by atomic mass is 10.1. The van der Waals surface area contributed by atoms with Crippen molar-refractivity contribution < 1.29 is 23.9 Å². The molecule has 0 aliphatic carbocycles. The molecule has 0 saturated carbocycles. The van der Waals surface area contributed by atoms with Crippen LogP contribution in [0.2, 0.25) is 5.02 Å². The fourth-order valence-electron chi connectivity index (χ4n) is 3.25. The van der Waals surface area contributed by atoms with Crippen molar-refractivity contribution in [1.29, 1.82) is 0 Å². The van der Waals surface area contributed by atoms with Gasteiger partial charge in [0.25, 0.3) is 11.8 Å². The van der Waals surface area contributed by atoms with Gasteiger partial charge in [0.2, 0.25) is 0 Å². The average molecular weight is 515 g/mol. The van der Waals surface area contributed by atoms with E-state index in [1.807, 2.05) is 26.8 Å². The number of ether oxygens (including phenoxy) is 2. The van der Waals surface area contributed by atoms with Gasteiger partial charge < -0.3 is 20.1 Å². The number of thiophene rings is 1. The molecule has 1 heterocycles. The monoisotopic (exact) mass is 514 g/mol. The van der Waals surface area contributed by atoms with Crippen molar-refractivity contribution in [1.82, 2.24) is 0 Å². The Labute approximate surface area is 213 Å². The van der Waals surface area contributed by atoms with Crippen LogP contribution in [0.5, 0.6) is 5.75 Å². The normalized spacial score (nSPS) is 11.5. The summed E-state index contributed by atoms with van der Waals surface area (Å²) in [6, 6.07) is 11.7. The number of hydrogen-bond donors (Lipinski definition) is 2. The summed E-state index contributed by atoms with van der Waals surface area (Å²) < 4.78 is 10.9. The minimum Gasteiger partial charge on any atom is -0.481 e. The maximum absolute atomic E-state index is 12.8. The van der Waals surface area contributed by atoms with E-state index in [-0.39, 0.29) is 18.4 Å². The third-order valence-electron chi connectivity index (χ3n) is 5.35. The zero-order valence-corrected chi connectivity index (χ0v) is 21.7. The fraction of sp³-hybridized carbons (Fsp3) is 0.269. The van der Waals surface area contributed by atoms with Gasteiger partial charge in [-0.15, -0.1) is 11.3 Å². The van der Waals surface area contributed by atoms with E-state index in [1.54, 1.807) is 50.2 Å². The molecule has 0 spiro atoms. The van der Waals surface area contributed by atoms with Gasteiger partial charge in [-0.25, -0.2) is 4.79 Å². The molecule has 2 N–H and O–H groups in total. The summed E-state index contributed by atoms with van der Waals surface area (Å²) in [7, 11) is 0. The van der Waals surface area contributed by atoms with Crippen molar-refractivity contribution >= 4 is 51.4 Å². The number of rotatable bonds is 8. The molecule has 3 rings (SSSR count). The number of halogens is 1. The molecule has 2 amide bonds. The van der Waals surface area contributed by atoms with E-state index < -0.39 is 12.1 Å². The van der Waals surface area contributed by atoms with Gasteiger partial charge >= 0.3 is 5.97 Å². The number of anilines is 2. The van der Waals surface area contributed by atoms with E-state index in [1.165, 1.54) is 11.3 Å². The second-order valence-electron chi connectivity index (χ2n) is 7.89. The van der Waals surface area contributed by atoms with Crippen LogP contribution in [0.1, 0.15) is 50.6 Å². The second-order valence-corrected chi connectivity index (χ2v) is 9.56. The molecule has 0 aliphatic heterocycles. The molecule has 0 aliphatic rings. The summed E-state index contributed by atoms with van der Waals surface area (Å²) in [6.07, 6.45) is -0.780. The zero-order chi connectivity index (χ0) is 25.7. The number of amides is 2. The summed E-state index contributed by atoms with van der Waals surface area (Å²) in [6.45, 7) is 9.19. The molecule has 0 unspecified atom stereocenters. The first kappa shape index (κ1) is 26.2. The Kier molecular flexibility index (Phi) is 8.53. The van der Waals surface area contributed by atoms with Crippen molar-refractivity contribution in [2.24, 2.45) is 0 Å². The first-order valence-corrected chi connectivity index (χ1v) is 12.2. The van der Waals surface area contributed by atoms with Crippen LogP contribution in [-0.4, -0.2) is 30.5 Å². The molecule has 0 radical (unpaired) electrons. The summed E-state index contributed by atoms with van der Waals surface area (Å²) in [5.41, 5.74) is 3.03. The van der Waals surface area contributed by atoms with Crippen LogP contribution in [0, 0.1) is 20.8 Å². The highest BCUT2D eigenvalue weighted by Crippen LogP contribution is 2.33. The van der Waals surface area contributed by atoms with E-state index in [9.17, 15) is 14.4 Å². The molecule has 0 fully saturated rings. The van der Waals surface area contributed by atoms with E-state index in [0.29, 0.717) is 32.6 Å². The summed E-state index contributed by atoms with van der Waals surface area (Å²) in [5, 5.41) is 6.59. The molecule has 0 saturated heterocycles. The lowest BCUT2D eigenvalue weighted by molar-refractivity contribution is -0.122. The molecular formula is C26H27ClN2O5S. The molecule has 184 valence electrons. The highest BCUT2D eigenvalue weighted by Gasteiger charge is 2.22. The summed E-state index contributed by atoms with van der Waals surface area (Å²) >= 11 is 7.34. The smallest absolute Gasteiger partial charge is 0.341 e. The van der Waals surface area contributed by atoms with Crippen LogP contribution in [0.25, 0.3) is 0 Å². The Hall–Kier alpha value is -3.36. The molecule has 3 aromatic rings. The van der Waals surface area contributed by atoms with Gasteiger partial charge in [-0.05, 0) is 82.1 Å². The zero-order valence-electron chi connectivity index (χ0n) is 20.2. The predicted molar refractivity (Wildman–Crippen MR) is 139 cm³/mol. The molecule has 35 heavy (non-hydrogen) atoms. The van der Waals surface area contributed by atoms with Gasteiger partial charge in [-0.2, -0.15) is 0 Å². The Bertz CT molecular complexity index is 1250. The second kappa shape index (κ2) is 11.4. The molecular weight excluding hydrogens is 488 g/mol. The Morgan fingerprint density at radius 1 is 1.03 bits per heavy atom. The van der Waals surface area contributed by atoms with Crippen molar-refractivity contribution in [3.63, 3.8) is 0 Å². The minimum atomic E-state index is -0.780. The number of nitrogens with one attached hydrogen (secondary N) is 2. The fourth-order valence-corrected chi connectivity index (χ4v) is 4.46. The molecule has 0 bridgehead atoms. The van der Waals surface area contributed by atoms with E-state index in [4.69, 9.17) is 21.1 Å². The standard InChI is InChI=1S/C26H27ClN2O5S/c1-6-33-26(32)22-15(3)17(5)35-25(22)29-24(31)18-8-11-20(12-9-18)34-16(4)23(30)28-21-13-19(27)10-7-14(21)2/h7-13,16H,6H2,1-5H3,(H,28,30)(H,29,31)/t16-/m0/s1. The third-order valence-corrected chi connectivity index (χ3v) is 6.71. The van der Waals surface area contributed by atoms with E-state index in [2.05, 4.69) is 10.6 Å². The van der Waals surface area contributed by atoms with Gasteiger partial charge in [-0.1, -0.05) is 17.7 Å². The molecule has 2 aromatic carbocycles. The largest absolute Gasteiger partial charge is 0.481 e. The van der Waals surface area contributed by atoms with Gasteiger partial charge in [0.1, 0.15) is 10.8 Å². The van der Waals surface area contributed by atoms with Gasteiger partial charge in [0.15, 0.2) is 6.10 Å². The number of esters is 1. The van der Waals surface area contributed by atoms with Crippen LogP contribution in [-0.2, 0) is 9.53 Å². The number of carbonyl (C=O) groups excluding carboxylic acids is 3.